The van der Waals surface area contributed by atoms with Crippen LogP contribution in [-0.4, -0.2) is 93.5 Å². The molecule has 2 aliphatic rings. The van der Waals surface area contributed by atoms with Crippen LogP contribution in [0.25, 0.3) is 0 Å². The first-order valence-corrected chi connectivity index (χ1v) is 11.4. The quantitative estimate of drug-likeness (QED) is 0.603. The number of benzene rings is 1. The van der Waals surface area contributed by atoms with Crippen LogP contribution < -0.4 is 9.47 Å². The van der Waals surface area contributed by atoms with E-state index in [2.05, 4.69) is 0 Å². The number of ether oxygens (including phenoxy) is 3. The van der Waals surface area contributed by atoms with Crippen LogP contribution in [0.3, 0.4) is 0 Å². The molecule has 0 saturated carbocycles. The Hall–Kier alpha value is -1.88. The molecule has 0 atom stereocenters. The second-order valence-electron chi connectivity index (χ2n) is 6.91. The first kappa shape index (κ1) is 21.8. The van der Waals surface area contributed by atoms with Gasteiger partial charge in [-0.05, 0) is 30.7 Å². The van der Waals surface area contributed by atoms with E-state index in [1.54, 1.807) is 17.0 Å². The lowest BCUT2D eigenvalue weighted by Gasteiger charge is -2.37. The summed E-state index contributed by atoms with van der Waals surface area (Å²) >= 11 is 0. The van der Waals surface area contributed by atoms with Crippen molar-refractivity contribution in [1.82, 2.24) is 13.5 Å². The molecule has 3 rings (SSSR count). The first-order valence-electron chi connectivity index (χ1n) is 9.97. The van der Waals surface area contributed by atoms with Crippen LogP contribution in [0, 0.1) is 0 Å². The lowest BCUT2D eigenvalue weighted by atomic mass is 10.3. The zero-order valence-corrected chi connectivity index (χ0v) is 17.6. The molecule has 29 heavy (non-hydrogen) atoms. The van der Waals surface area contributed by atoms with Gasteiger partial charge in [0.25, 0.3) is 16.1 Å². The van der Waals surface area contributed by atoms with Crippen molar-refractivity contribution < 1.29 is 27.4 Å². The van der Waals surface area contributed by atoms with Gasteiger partial charge in [0.1, 0.15) is 11.5 Å². The average Bonchev–Trinajstić information content (AvgIpc) is 2.77. The van der Waals surface area contributed by atoms with Crippen molar-refractivity contribution in [2.75, 3.05) is 65.7 Å². The highest BCUT2D eigenvalue weighted by atomic mass is 32.2. The van der Waals surface area contributed by atoms with Crippen molar-refractivity contribution in [2.45, 2.75) is 13.3 Å². The fourth-order valence-corrected chi connectivity index (χ4v) is 4.76. The molecule has 0 unspecified atom stereocenters. The normalized spacial score (nSPS) is 19.1. The monoisotopic (exact) mass is 427 g/mol. The zero-order chi connectivity index (χ0) is 20.7. The van der Waals surface area contributed by atoms with E-state index in [1.807, 2.05) is 19.1 Å². The van der Waals surface area contributed by atoms with E-state index in [-0.39, 0.29) is 25.6 Å². The van der Waals surface area contributed by atoms with Gasteiger partial charge in [0.15, 0.2) is 6.61 Å². The highest BCUT2D eigenvalue weighted by Gasteiger charge is 2.34. The summed E-state index contributed by atoms with van der Waals surface area (Å²) in [6, 6.07) is 7.16. The van der Waals surface area contributed by atoms with Crippen LogP contribution in [-0.2, 0) is 19.7 Å². The molecule has 2 saturated heterocycles. The minimum absolute atomic E-state index is 0.0780. The Balaban J connectivity index is 1.44. The van der Waals surface area contributed by atoms with E-state index in [0.717, 1.165) is 12.2 Å². The third-order valence-electron chi connectivity index (χ3n) is 4.87. The van der Waals surface area contributed by atoms with Crippen molar-refractivity contribution in [3.05, 3.63) is 24.3 Å². The summed E-state index contributed by atoms with van der Waals surface area (Å²) in [5.74, 6) is 1.21. The number of carbonyl (C=O) groups excluding carboxylic acids is 1. The molecule has 1 aromatic rings. The maximum Gasteiger partial charge on any atom is 0.282 e. The summed E-state index contributed by atoms with van der Waals surface area (Å²) in [6.07, 6.45) is 0.938. The number of piperazine rings is 1. The lowest BCUT2D eigenvalue weighted by molar-refractivity contribution is -0.134. The minimum Gasteiger partial charge on any atom is -0.494 e. The Morgan fingerprint density at radius 1 is 0.931 bits per heavy atom. The van der Waals surface area contributed by atoms with Gasteiger partial charge in [-0.3, -0.25) is 4.79 Å². The van der Waals surface area contributed by atoms with Crippen LogP contribution in [0.2, 0.25) is 0 Å². The van der Waals surface area contributed by atoms with E-state index < -0.39 is 10.2 Å². The van der Waals surface area contributed by atoms with Crippen LogP contribution in [0.5, 0.6) is 11.5 Å². The molecule has 2 heterocycles. The zero-order valence-electron chi connectivity index (χ0n) is 16.8. The van der Waals surface area contributed by atoms with Gasteiger partial charge in [-0.2, -0.15) is 17.0 Å². The van der Waals surface area contributed by atoms with Crippen molar-refractivity contribution in [3.63, 3.8) is 0 Å². The van der Waals surface area contributed by atoms with Crippen LogP contribution >= 0.6 is 0 Å². The molecule has 0 bridgehead atoms. The first-order chi connectivity index (χ1) is 14.0. The lowest BCUT2D eigenvalue weighted by Crippen LogP contribution is -2.56. The van der Waals surface area contributed by atoms with Gasteiger partial charge in [0.2, 0.25) is 0 Å². The summed E-state index contributed by atoms with van der Waals surface area (Å²) in [4.78, 5) is 14.1. The Bertz CT molecular complexity index is 757. The van der Waals surface area contributed by atoms with E-state index in [1.165, 1.54) is 8.61 Å². The van der Waals surface area contributed by atoms with Gasteiger partial charge in [-0.1, -0.05) is 6.92 Å². The van der Waals surface area contributed by atoms with Gasteiger partial charge < -0.3 is 19.1 Å². The molecule has 10 heteroatoms. The maximum absolute atomic E-state index is 12.7. The number of hydrogen-bond donors (Lipinski definition) is 0. The van der Waals surface area contributed by atoms with E-state index in [4.69, 9.17) is 14.2 Å². The highest BCUT2D eigenvalue weighted by molar-refractivity contribution is 7.86. The van der Waals surface area contributed by atoms with Crippen molar-refractivity contribution in [3.8, 4) is 11.5 Å². The molecule has 162 valence electrons. The number of amides is 1. The van der Waals surface area contributed by atoms with Crippen LogP contribution in [0.4, 0.5) is 0 Å². The van der Waals surface area contributed by atoms with Gasteiger partial charge in [-0.15, -0.1) is 0 Å². The molecular weight excluding hydrogens is 398 g/mol. The van der Waals surface area contributed by atoms with Crippen molar-refractivity contribution in [2.24, 2.45) is 0 Å². The summed E-state index contributed by atoms with van der Waals surface area (Å²) in [5.41, 5.74) is 0. The van der Waals surface area contributed by atoms with Gasteiger partial charge in [-0.25, -0.2) is 0 Å². The summed E-state index contributed by atoms with van der Waals surface area (Å²) in [7, 11) is -3.49. The van der Waals surface area contributed by atoms with Gasteiger partial charge >= 0.3 is 0 Å². The molecule has 0 aliphatic carbocycles. The number of carbonyl (C=O) groups is 1. The Kier molecular flexibility index (Phi) is 7.70. The number of rotatable bonds is 8. The SMILES string of the molecule is CCCOc1ccc(OCC(=O)N2CCN(S(=O)(=O)N3CCOCC3)CC2)cc1. The second-order valence-corrected chi connectivity index (χ2v) is 8.84. The molecule has 0 aromatic heterocycles. The van der Waals surface area contributed by atoms with Crippen molar-refractivity contribution >= 4 is 16.1 Å². The third-order valence-corrected chi connectivity index (χ3v) is 6.91. The fourth-order valence-electron chi connectivity index (χ4n) is 3.20. The molecule has 2 aliphatic heterocycles. The standard InChI is InChI=1S/C19H29N3O6S/c1-2-13-27-17-3-5-18(6-4-17)28-16-19(23)20-7-9-21(10-8-20)29(24,25)22-11-14-26-15-12-22/h3-6H,2,7-16H2,1H3. The number of morpholine rings is 1. The molecule has 1 amide bonds. The second kappa shape index (κ2) is 10.2. The molecule has 0 radical (unpaired) electrons. The maximum atomic E-state index is 12.7. The molecular formula is C19H29N3O6S. The fraction of sp³-hybridized carbons (Fsp3) is 0.632. The third kappa shape index (κ3) is 5.81. The number of nitrogens with zero attached hydrogens (tertiary/aromatic N) is 3. The van der Waals surface area contributed by atoms with E-state index in [0.29, 0.717) is 51.7 Å². The minimum atomic E-state index is -3.49. The van der Waals surface area contributed by atoms with Gasteiger partial charge in [0, 0.05) is 39.3 Å². The van der Waals surface area contributed by atoms with E-state index >= 15 is 0 Å². The summed E-state index contributed by atoms with van der Waals surface area (Å²) in [6.45, 7) is 5.49. The van der Waals surface area contributed by atoms with Crippen LogP contribution in [0.15, 0.2) is 24.3 Å². The summed E-state index contributed by atoms with van der Waals surface area (Å²) in [5, 5.41) is 0. The van der Waals surface area contributed by atoms with Crippen LogP contribution in [0.1, 0.15) is 13.3 Å². The topological polar surface area (TPSA) is 88.6 Å². The Morgan fingerprint density at radius 3 is 2.07 bits per heavy atom. The molecule has 0 spiro atoms. The highest BCUT2D eigenvalue weighted by Crippen LogP contribution is 2.18. The predicted octanol–water partition coefficient (Wildman–Crippen LogP) is 0.575. The predicted molar refractivity (Wildman–Crippen MR) is 107 cm³/mol. The Labute approximate surface area is 172 Å². The average molecular weight is 428 g/mol. The smallest absolute Gasteiger partial charge is 0.282 e. The summed E-state index contributed by atoms with van der Waals surface area (Å²) < 4.78 is 44.6. The van der Waals surface area contributed by atoms with E-state index in [9.17, 15) is 13.2 Å². The Morgan fingerprint density at radius 2 is 1.48 bits per heavy atom. The molecule has 2 fully saturated rings. The molecule has 9 nitrogen and oxygen atoms in total. The van der Waals surface area contributed by atoms with Crippen molar-refractivity contribution in [1.29, 1.82) is 0 Å². The number of hydrogen-bond acceptors (Lipinski definition) is 6. The molecule has 0 N–H and O–H groups in total. The largest absolute Gasteiger partial charge is 0.494 e. The molecule has 1 aromatic carbocycles. The van der Waals surface area contributed by atoms with Gasteiger partial charge in [0.05, 0.1) is 19.8 Å².